The molecule has 0 fully saturated rings. The fourth-order valence-electron chi connectivity index (χ4n) is 1.16. The van der Waals surface area contributed by atoms with Crippen molar-refractivity contribution in [2.75, 3.05) is 12.5 Å². The van der Waals surface area contributed by atoms with Gasteiger partial charge in [-0.1, -0.05) is 0 Å². The summed E-state index contributed by atoms with van der Waals surface area (Å²) in [6.07, 6.45) is -2.65. The van der Waals surface area contributed by atoms with Gasteiger partial charge < -0.3 is 11.2 Å². The molecule has 0 aliphatic heterocycles. The summed E-state index contributed by atoms with van der Waals surface area (Å²) in [5.74, 6) is -0.402. The molecule has 0 spiro atoms. The number of hydrogen-bond acceptors (Lipinski definition) is 2. The Bertz CT molecular complexity index is 361. The van der Waals surface area contributed by atoms with Crippen molar-refractivity contribution in [2.45, 2.75) is 6.43 Å². The molecule has 4 nitrogen and oxygen atoms in total. The molecular weight excluding hydrogens is 258 g/mol. The zero-order chi connectivity index (χ0) is 10.9. The van der Waals surface area contributed by atoms with Crippen LogP contribution in [0.1, 0.15) is 17.7 Å². The molecule has 0 unspecified atom stereocenters. The van der Waals surface area contributed by atoms with Gasteiger partial charge in [-0.2, -0.15) is 0 Å². The Hall–Kier alpha value is -1.11. The number of nitrogens with zero attached hydrogens (tertiary/aromatic N) is 1. The SMILES string of the molecule is CNn1c(Br)cc(C(F)F)c1C(=N)N. The van der Waals surface area contributed by atoms with Crippen LogP contribution in [0.15, 0.2) is 10.7 Å². The number of amidine groups is 1. The predicted molar refractivity (Wildman–Crippen MR) is 53.4 cm³/mol. The molecule has 0 aliphatic rings. The van der Waals surface area contributed by atoms with Gasteiger partial charge in [0.15, 0.2) is 0 Å². The minimum atomic E-state index is -2.65. The Morgan fingerprint density at radius 2 is 2.29 bits per heavy atom. The lowest BCUT2D eigenvalue weighted by Crippen LogP contribution is -2.23. The minimum Gasteiger partial charge on any atom is -0.382 e. The molecular formula is C7H9BrF2N4. The van der Waals surface area contributed by atoms with Gasteiger partial charge in [0.05, 0.1) is 0 Å². The van der Waals surface area contributed by atoms with Crippen molar-refractivity contribution in [3.63, 3.8) is 0 Å². The molecule has 0 aromatic carbocycles. The number of nitrogen functional groups attached to an aromatic ring is 1. The highest BCUT2D eigenvalue weighted by molar-refractivity contribution is 9.10. The predicted octanol–water partition coefficient (Wildman–Crippen LogP) is 1.65. The van der Waals surface area contributed by atoms with E-state index in [1.54, 1.807) is 7.05 Å². The summed E-state index contributed by atoms with van der Waals surface area (Å²) in [6, 6.07) is 1.23. The van der Waals surface area contributed by atoms with E-state index in [2.05, 4.69) is 21.4 Å². The minimum absolute atomic E-state index is 0.0191. The zero-order valence-corrected chi connectivity index (χ0v) is 8.90. The van der Waals surface area contributed by atoms with Crippen LogP contribution in [0.25, 0.3) is 0 Å². The van der Waals surface area contributed by atoms with Gasteiger partial charge in [0.25, 0.3) is 6.43 Å². The van der Waals surface area contributed by atoms with Crippen LogP contribution in [0.2, 0.25) is 0 Å². The Labute approximate surface area is 87.7 Å². The van der Waals surface area contributed by atoms with Crippen LogP contribution in [-0.2, 0) is 0 Å². The summed E-state index contributed by atoms with van der Waals surface area (Å²) in [7, 11) is 1.55. The molecule has 0 atom stereocenters. The van der Waals surface area contributed by atoms with E-state index < -0.39 is 12.3 Å². The Morgan fingerprint density at radius 1 is 1.71 bits per heavy atom. The van der Waals surface area contributed by atoms with Crippen molar-refractivity contribution >= 4 is 21.8 Å². The lowest BCUT2D eigenvalue weighted by atomic mass is 10.2. The van der Waals surface area contributed by atoms with Gasteiger partial charge in [-0.15, -0.1) is 0 Å². The summed E-state index contributed by atoms with van der Waals surface area (Å²) in [5, 5.41) is 7.19. The number of nitrogens with two attached hydrogens (primary N) is 1. The molecule has 4 N–H and O–H groups in total. The monoisotopic (exact) mass is 266 g/mol. The lowest BCUT2D eigenvalue weighted by Gasteiger charge is -2.09. The van der Waals surface area contributed by atoms with Gasteiger partial charge in [-0.3, -0.25) is 5.41 Å². The van der Waals surface area contributed by atoms with Crippen LogP contribution >= 0.6 is 15.9 Å². The molecule has 1 rings (SSSR count). The molecule has 0 saturated heterocycles. The van der Waals surface area contributed by atoms with Crippen LogP contribution in [0.5, 0.6) is 0 Å². The molecule has 1 heterocycles. The Kier molecular flexibility index (Phi) is 3.10. The number of rotatable bonds is 3. The first kappa shape index (κ1) is 11.0. The molecule has 0 amide bonds. The molecule has 1 aromatic heterocycles. The smallest absolute Gasteiger partial charge is 0.266 e. The fourth-order valence-corrected chi connectivity index (χ4v) is 1.76. The summed E-state index contributed by atoms with van der Waals surface area (Å²) in [6.45, 7) is 0. The van der Waals surface area contributed by atoms with Crippen molar-refractivity contribution in [3.05, 3.63) is 21.9 Å². The number of hydrogen-bond donors (Lipinski definition) is 3. The third-order valence-corrected chi connectivity index (χ3v) is 2.28. The second-order valence-electron chi connectivity index (χ2n) is 2.54. The number of alkyl halides is 2. The van der Waals surface area contributed by atoms with Crippen LogP contribution in [0.3, 0.4) is 0 Å². The number of aromatic nitrogens is 1. The molecule has 0 radical (unpaired) electrons. The molecule has 0 bridgehead atoms. The van der Waals surface area contributed by atoms with Gasteiger partial charge in [0.1, 0.15) is 16.1 Å². The first-order chi connectivity index (χ1) is 6.49. The average molecular weight is 267 g/mol. The fraction of sp³-hybridized carbons (Fsp3) is 0.286. The largest absolute Gasteiger partial charge is 0.382 e. The van der Waals surface area contributed by atoms with E-state index in [1.165, 1.54) is 10.7 Å². The second kappa shape index (κ2) is 3.95. The van der Waals surface area contributed by atoms with Crippen LogP contribution in [0.4, 0.5) is 8.78 Å². The first-order valence-corrected chi connectivity index (χ1v) is 4.49. The second-order valence-corrected chi connectivity index (χ2v) is 3.36. The van der Waals surface area contributed by atoms with Crippen LogP contribution in [0, 0.1) is 5.41 Å². The molecule has 0 saturated carbocycles. The highest BCUT2D eigenvalue weighted by Crippen LogP contribution is 2.28. The Morgan fingerprint density at radius 3 is 2.64 bits per heavy atom. The topological polar surface area (TPSA) is 66.8 Å². The van der Waals surface area contributed by atoms with Crippen molar-refractivity contribution < 1.29 is 8.78 Å². The van der Waals surface area contributed by atoms with E-state index in [1.807, 2.05) is 0 Å². The van der Waals surface area contributed by atoms with E-state index in [0.29, 0.717) is 4.60 Å². The highest BCUT2D eigenvalue weighted by Gasteiger charge is 2.21. The highest BCUT2D eigenvalue weighted by atomic mass is 79.9. The summed E-state index contributed by atoms with van der Waals surface area (Å²) in [4.78, 5) is 0. The maximum absolute atomic E-state index is 12.5. The van der Waals surface area contributed by atoms with E-state index in [9.17, 15) is 8.78 Å². The third kappa shape index (κ3) is 1.72. The quantitative estimate of drug-likeness (QED) is 0.575. The van der Waals surface area contributed by atoms with E-state index in [-0.39, 0.29) is 11.3 Å². The normalized spacial score (nSPS) is 10.6. The van der Waals surface area contributed by atoms with E-state index >= 15 is 0 Å². The molecule has 14 heavy (non-hydrogen) atoms. The maximum atomic E-state index is 12.5. The van der Waals surface area contributed by atoms with Crippen molar-refractivity contribution in [1.29, 1.82) is 5.41 Å². The molecule has 78 valence electrons. The maximum Gasteiger partial charge on any atom is 0.266 e. The Balaban J connectivity index is 3.37. The standard InChI is InChI=1S/C7H9BrF2N4/c1-13-14-4(8)2-3(6(9)10)5(14)7(11)12/h2,6,13H,1H3,(H3,11,12). The number of halogens is 3. The van der Waals surface area contributed by atoms with E-state index in [4.69, 9.17) is 11.1 Å². The molecule has 7 heteroatoms. The number of nitrogens with one attached hydrogen (secondary N) is 2. The van der Waals surface area contributed by atoms with Crippen molar-refractivity contribution in [3.8, 4) is 0 Å². The van der Waals surface area contributed by atoms with Gasteiger partial charge in [0.2, 0.25) is 0 Å². The van der Waals surface area contributed by atoms with Gasteiger partial charge in [-0.25, -0.2) is 13.5 Å². The van der Waals surface area contributed by atoms with Gasteiger partial charge >= 0.3 is 0 Å². The van der Waals surface area contributed by atoms with E-state index in [0.717, 1.165) is 0 Å². The third-order valence-electron chi connectivity index (χ3n) is 1.70. The first-order valence-electron chi connectivity index (χ1n) is 3.70. The van der Waals surface area contributed by atoms with Crippen molar-refractivity contribution in [1.82, 2.24) is 4.68 Å². The summed E-state index contributed by atoms with van der Waals surface area (Å²) < 4.78 is 26.7. The average Bonchev–Trinajstić information content (AvgIpc) is 2.42. The van der Waals surface area contributed by atoms with Crippen molar-refractivity contribution in [2.24, 2.45) is 5.73 Å². The molecule has 1 aromatic rings. The molecule has 0 aliphatic carbocycles. The summed E-state index contributed by atoms with van der Waals surface area (Å²) >= 11 is 3.08. The van der Waals surface area contributed by atoms with Crippen LogP contribution in [-0.4, -0.2) is 17.6 Å². The van der Waals surface area contributed by atoms with Gasteiger partial charge in [0, 0.05) is 12.6 Å². The lowest BCUT2D eigenvalue weighted by molar-refractivity contribution is 0.151. The van der Waals surface area contributed by atoms with Gasteiger partial charge in [-0.05, 0) is 22.0 Å². The summed E-state index contributed by atoms with van der Waals surface area (Å²) in [5.41, 5.74) is 7.56. The zero-order valence-electron chi connectivity index (χ0n) is 7.31. The van der Waals surface area contributed by atoms with Crippen LogP contribution < -0.4 is 11.2 Å².